The Morgan fingerprint density at radius 2 is 1.68 bits per heavy atom. The van der Waals surface area contributed by atoms with Crippen LogP contribution in [0.4, 0.5) is 27.6 Å². The normalized spacial score (nSPS) is 11.7. The van der Waals surface area contributed by atoms with Crippen molar-refractivity contribution >= 4 is 5.69 Å². The summed E-state index contributed by atoms with van der Waals surface area (Å²) < 4.78 is 64.7. The molecule has 0 fully saturated rings. The van der Waals surface area contributed by atoms with Crippen LogP contribution in [0.15, 0.2) is 12.1 Å². The summed E-state index contributed by atoms with van der Waals surface area (Å²) in [6, 6.07) is 1.91. The molecule has 0 spiro atoms. The molecule has 0 saturated carbocycles. The first-order chi connectivity index (χ1) is 8.78. The number of hydrogen-bond donors (Lipinski definition) is 1. The molecule has 19 heavy (non-hydrogen) atoms. The molecular formula is C12H15F5N2. The molecule has 0 atom stereocenters. The third-order valence-electron chi connectivity index (χ3n) is 2.49. The standard InChI is InChI=1S/C12H15F5N2/c1-2-3-19(7-12(15,16)17)11-9(13)4-8(6-18)5-10(11)14/h4-5H,2-3,6-7,18H2,1H3. The fraction of sp³-hybridized carbons (Fsp3) is 0.500. The van der Waals surface area contributed by atoms with E-state index >= 15 is 0 Å². The van der Waals surface area contributed by atoms with Gasteiger partial charge in [-0.05, 0) is 24.1 Å². The predicted octanol–water partition coefficient (Wildman–Crippen LogP) is 3.20. The van der Waals surface area contributed by atoms with Gasteiger partial charge in [-0.3, -0.25) is 0 Å². The molecule has 0 radical (unpaired) electrons. The zero-order chi connectivity index (χ0) is 14.6. The van der Waals surface area contributed by atoms with Gasteiger partial charge < -0.3 is 10.6 Å². The van der Waals surface area contributed by atoms with Crippen LogP contribution in [-0.4, -0.2) is 19.3 Å². The van der Waals surface area contributed by atoms with E-state index < -0.39 is 30.0 Å². The Hall–Kier alpha value is -1.37. The molecule has 0 bridgehead atoms. The molecule has 1 aromatic carbocycles. The third kappa shape index (κ3) is 4.34. The SMILES string of the molecule is CCCN(CC(F)(F)F)c1c(F)cc(CN)cc1F. The van der Waals surface area contributed by atoms with Crippen LogP contribution in [0, 0.1) is 11.6 Å². The molecule has 1 rings (SSSR count). The van der Waals surface area contributed by atoms with E-state index in [-0.39, 0.29) is 18.7 Å². The van der Waals surface area contributed by atoms with Crippen molar-refractivity contribution in [2.45, 2.75) is 26.1 Å². The lowest BCUT2D eigenvalue weighted by Gasteiger charge is -2.26. The van der Waals surface area contributed by atoms with Gasteiger partial charge in [-0.1, -0.05) is 6.92 Å². The topological polar surface area (TPSA) is 29.3 Å². The molecule has 1 aromatic rings. The summed E-state index contributed by atoms with van der Waals surface area (Å²) >= 11 is 0. The van der Waals surface area contributed by atoms with Crippen molar-refractivity contribution < 1.29 is 22.0 Å². The van der Waals surface area contributed by atoms with Crippen molar-refractivity contribution in [2.75, 3.05) is 18.0 Å². The number of halogens is 5. The lowest BCUT2D eigenvalue weighted by molar-refractivity contribution is -0.119. The van der Waals surface area contributed by atoms with Crippen molar-refractivity contribution in [1.82, 2.24) is 0 Å². The summed E-state index contributed by atoms with van der Waals surface area (Å²) in [5.41, 5.74) is 4.79. The smallest absolute Gasteiger partial charge is 0.358 e. The molecule has 0 unspecified atom stereocenters. The Morgan fingerprint density at radius 3 is 2.05 bits per heavy atom. The van der Waals surface area contributed by atoms with Gasteiger partial charge in [-0.15, -0.1) is 0 Å². The highest BCUT2D eigenvalue weighted by molar-refractivity contribution is 5.51. The number of alkyl halides is 3. The average molecular weight is 282 g/mol. The number of hydrogen-bond acceptors (Lipinski definition) is 2. The molecule has 0 aliphatic carbocycles. The Labute approximate surface area is 108 Å². The minimum absolute atomic E-state index is 0.0822. The van der Waals surface area contributed by atoms with Crippen molar-refractivity contribution in [1.29, 1.82) is 0 Å². The summed E-state index contributed by atoms with van der Waals surface area (Å²) in [7, 11) is 0. The van der Waals surface area contributed by atoms with Gasteiger partial charge in [0.1, 0.15) is 23.9 Å². The molecule has 0 heterocycles. The van der Waals surface area contributed by atoms with Crippen molar-refractivity contribution in [3.05, 3.63) is 29.3 Å². The molecule has 7 heteroatoms. The fourth-order valence-corrected chi connectivity index (χ4v) is 1.79. The third-order valence-corrected chi connectivity index (χ3v) is 2.49. The van der Waals surface area contributed by atoms with Crippen LogP contribution in [0.3, 0.4) is 0 Å². The second-order valence-electron chi connectivity index (χ2n) is 4.15. The second-order valence-corrected chi connectivity index (χ2v) is 4.15. The maximum absolute atomic E-state index is 13.7. The van der Waals surface area contributed by atoms with Gasteiger partial charge >= 0.3 is 6.18 Å². The number of benzene rings is 1. The van der Waals surface area contributed by atoms with Crippen LogP contribution in [-0.2, 0) is 6.54 Å². The number of nitrogens with two attached hydrogens (primary N) is 1. The van der Waals surface area contributed by atoms with Gasteiger partial charge in [-0.2, -0.15) is 13.2 Å². The first-order valence-electron chi connectivity index (χ1n) is 5.78. The summed E-state index contributed by atoms with van der Waals surface area (Å²) in [4.78, 5) is 0.658. The van der Waals surface area contributed by atoms with Crippen LogP contribution >= 0.6 is 0 Å². The van der Waals surface area contributed by atoms with Crippen molar-refractivity contribution in [3.8, 4) is 0 Å². The zero-order valence-corrected chi connectivity index (χ0v) is 10.4. The number of anilines is 1. The molecule has 2 N–H and O–H groups in total. The molecular weight excluding hydrogens is 267 g/mol. The number of rotatable bonds is 5. The molecule has 0 saturated heterocycles. The summed E-state index contributed by atoms with van der Waals surface area (Å²) in [5.74, 6) is -2.06. The first-order valence-corrected chi connectivity index (χ1v) is 5.78. The monoisotopic (exact) mass is 282 g/mol. The minimum Gasteiger partial charge on any atom is -0.358 e. The quantitative estimate of drug-likeness (QED) is 0.840. The van der Waals surface area contributed by atoms with E-state index in [4.69, 9.17) is 5.73 Å². The van der Waals surface area contributed by atoms with Crippen LogP contribution in [0.2, 0.25) is 0 Å². The van der Waals surface area contributed by atoms with E-state index in [2.05, 4.69) is 0 Å². The van der Waals surface area contributed by atoms with Gasteiger partial charge in [0, 0.05) is 13.1 Å². The Bertz CT molecular complexity index is 408. The van der Waals surface area contributed by atoms with Gasteiger partial charge in [0.15, 0.2) is 0 Å². The highest BCUT2D eigenvalue weighted by Crippen LogP contribution is 2.28. The van der Waals surface area contributed by atoms with Crippen LogP contribution in [0.5, 0.6) is 0 Å². The first kappa shape index (κ1) is 15.7. The van der Waals surface area contributed by atoms with E-state index in [1.54, 1.807) is 6.92 Å². The predicted molar refractivity (Wildman–Crippen MR) is 62.8 cm³/mol. The molecule has 0 aromatic heterocycles. The summed E-state index contributed by atoms with van der Waals surface area (Å²) in [6.45, 7) is 0.0700. The van der Waals surface area contributed by atoms with E-state index in [9.17, 15) is 22.0 Å². The molecule has 2 nitrogen and oxygen atoms in total. The second kappa shape index (κ2) is 6.18. The Morgan fingerprint density at radius 1 is 1.16 bits per heavy atom. The minimum atomic E-state index is -4.53. The molecule has 0 aliphatic rings. The fourth-order valence-electron chi connectivity index (χ4n) is 1.79. The highest BCUT2D eigenvalue weighted by atomic mass is 19.4. The largest absolute Gasteiger partial charge is 0.405 e. The average Bonchev–Trinajstić information content (AvgIpc) is 2.26. The van der Waals surface area contributed by atoms with Crippen LogP contribution in [0.1, 0.15) is 18.9 Å². The zero-order valence-electron chi connectivity index (χ0n) is 10.4. The van der Waals surface area contributed by atoms with Gasteiger partial charge in [0.2, 0.25) is 0 Å². The maximum Gasteiger partial charge on any atom is 0.405 e. The van der Waals surface area contributed by atoms with E-state index in [1.165, 1.54) is 0 Å². The van der Waals surface area contributed by atoms with E-state index in [1.807, 2.05) is 0 Å². The molecule has 108 valence electrons. The van der Waals surface area contributed by atoms with Crippen LogP contribution in [0.25, 0.3) is 0 Å². The van der Waals surface area contributed by atoms with E-state index in [0.717, 1.165) is 12.1 Å². The highest BCUT2D eigenvalue weighted by Gasteiger charge is 2.32. The van der Waals surface area contributed by atoms with Gasteiger partial charge in [0.25, 0.3) is 0 Å². The molecule has 0 aliphatic heterocycles. The van der Waals surface area contributed by atoms with Gasteiger partial charge in [-0.25, -0.2) is 8.78 Å². The van der Waals surface area contributed by atoms with E-state index in [0.29, 0.717) is 11.3 Å². The Kier molecular flexibility index (Phi) is 5.11. The summed E-state index contributed by atoms with van der Waals surface area (Å²) in [5, 5.41) is 0. The lowest BCUT2D eigenvalue weighted by Crippen LogP contribution is -2.36. The lowest BCUT2D eigenvalue weighted by atomic mass is 10.1. The summed E-state index contributed by atoms with van der Waals surface area (Å²) in [6.07, 6.45) is -4.19. The number of nitrogens with zero attached hydrogens (tertiary/aromatic N) is 1. The van der Waals surface area contributed by atoms with Gasteiger partial charge in [0.05, 0.1) is 0 Å². The Balaban J connectivity index is 3.15. The maximum atomic E-state index is 13.7. The van der Waals surface area contributed by atoms with Crippen molar-refractivity contribution in [3.63, 3.8) is 0 Å². The van der Waals surface area contributed by atoms with Crippen LogP contribution < -0.4 is 10.6 Å². The van der Waals surface area contributed by atoms with Crippen molar-refractivity contribution in [2.24, 2.45) is 5.73 Å². The molecule has 0 amide bonds.